The summed E-state index contributed by atoms with van der Waals surface area (Å²) in [5.74, 6) is -0.901. The molecule has 1 aliphatic heterocycles. The van der Waals surface area contributed by atoms with Gasteiger partial charge in [0.2, 0.25) is 5.91 Å². The van der Waals surface area contributed by atoms with Crippen LogP contribution in [0.25, 0.3) is 0 Å². The van der Waals surface area contributed by atoms with Gasteiger partial charge in [0.25, 0.3) is 5.91 Å². The number of halogens is 3. The fourth-order valence-corrected chi connectivity index (χ4v) is 6.47. The molecule has 2 aromatic heterocycles. The molecule has 45 heavy (non-hydrogen) atoms. The Morgan fingerprint density at radius 3 is 2.29 bits per heavy atom. The molecule has 0 bridgehead atoms. The summed E-state index contributed by atoms with van der Waals surface area (Å²) in [4.78, 5) is 63.4. The average Bonchev–Trinajstić information content (AvgIpc) is 3.42. The summed E-state index contributed by atoms with van der Waals surface area (Å²) in [6, 6.07) is -1.12. The summed E-state index contributed by atoms with van der Waals surface area (Å²) in [5, 5.41) is 13.9. The molecule has 11 nitrogen and oxygen atoms in total. The molecular formula is C29H38F3N5O6S2. The van der Waals surface area contributed by atoms with Crippen molar-refractivity contribution in [3.63, 3.8) is 0 Å². The number of carboxylic acids is 1. The number of rotatable bonds is 15. The number of nitrogens with zero attached hydrogens (tertiary/aromatic N) is 4. The predicted molar refractivity (Wildman–Crippen MR) is 161 cm³/mol. The van der Waals surface area contributed by atoms with E-state index >= 15 is 0 Å². The molecule has 2 N–H and O–H groups in total. The number of thioether (sulfide) groups is 1. The van der Waals surface area contributed by atoms with Gasteiger partial charge in [-0.15, -0.1) is 11.3 Å². The van der Waals surface area contributed by atoms with Crippen LogP contribution in [0.1, 0.15) is 79.9 Å². The van der Waals surface area contributed by atoms with Crippen LogP contribution in [0.4, 0.5) is 13.2 Å². The first-order valence-electron chi connectivity index (χ1n) is 14.4. The number of amides is 2. The first kappa shape index (κ1) is 36.2. The second-order valence-electron chi connectivity index (χ2n) is 11.6. The van der Waals surface area contributed by atoms with Crippen molar-refractivity contribution >= 4 is 46.9 Å². The third-order valence-electron chi connectivity index (χ3n) is 7.48. The maximum Gasteiger partial charge on any atom is 0.419 e. The Morgan fingerprint density at radius 1 is 1.13 bits per heavy atom. The van der Waals surface area contributed by atoms with Crippen molar-refractivity contribution in [1.82, 2.24) is 25.2 Å². The van der Waals surface area contributed by atoms with Crippen LogP contribution in [0.3, 0.4) is 0 Å². The average molecular weight is 674 g/mol. The van der Waals surface area contributed by atoms with E-state index < -0.39 is 47.6 Å². The molecule has 3 unspecified atom stereocenters. The maximum absolute atomic E-state index is 13.2. The molecule has 2 aromatic rings. The molecule has 1 aliphatic rings. The standard InChI is InChI=1S/C29H38F3N5O6S2/c1-15(2)22(37(5)25(39)7-18-12-44-13-18)9-23(43-17(4)38)27-36-21(14-45-27)26(40)35-20(6-16(3)28(41)42)8-24-33-10-19(11-34-24)29(30,31)32/h10-11,14-16,18,20,22-23H,6-9,12-13H2,1-5H3,(H,35,40)(H,41,42)/t16?,20-,22?,23?/m1/s1. The smallest absolute Gasteiger partial charge is 0.419 e. The van der Waals surface area contributed by atoms with Gasteiger partial charge in [0.1, 0.15) is 16.5 Å². The van der Waals surface area contributed by atoms with E-state index in [1.54, 1.807) is 23.7 Å². The van der Waals surface area contributed by atoms with Crippen molar-refractivity contribution in [2.45, 2.75) is 77.7 Å². The Balaban J connectivity index is 1.77. The first-order chi connectivity index (χ1) is 21.0. The van der Waals surface area contributed by atoms with Crippen LogP contribution >= 0.6 is 23.1 Å². The number of esters is 1. The van der Waals surface area contributed by atoms with Gasteiger partial charge in [-0.3, -0.25) is 19.2 Å². The van der Waals surface area contributed by atoms with Gasteiger partial charge in [0.05, 0.1) is 11.5 Å². The van der Waals surface area contributed by atoms with Gasteiger partial charge < -0.3 is 20.1 Å². The molecule has 2 amide bonds. The van der Waals surface area contributed by atoms with Crippen LogP contribution in [-0.2, 0) is 31.7 Å². The molecule has 1 fully saturated rings. The molecule has 3 heterocycles. The van der Waals surface area contributed by atoms with Gasteiger partial charge >= 0.3 is 18.1 Å². The zero-order chi connectivity index (χ0) is 33.5. The number of nitrogens with one attached hydrogen (secondary N) is 1. The summed E-state index contributed by atoms with van der Waals surface area (Å²) in [5.41, 5.74) is -1.04. The highest BCUT2D eigenvalue weighted by molar-refractivity contribution is 8.00. The van der Waals surface area contributed by atoms with Crippen molar-refractivity contribution in [1.29, 1.82) is 0 Å². The minimum atomic E-state index is -4.62. The number of alkyl halides is 3. The van der Waals surface area contributed by atoms with E-state index in [9.17, 15) is 37.5 Å². The largest absolute Gasteiger partial charge is 0.481 e. The Hall–Kier alpha value is -3.27. The number of hydrogen-bond donors (Lipinski definition) is 2. The van der Waals surface area contributed by atoms with Crippen LogP contribution < -0.4 is 5.32 Å². The molecule has 0 saturated carbocycles. The lowest BCUT2D eigenvalue weighted by Gasteiger charge is -2.35. The van der Waals surface area contributed by atoms with E-state index in [1.165, 1.54) is 19.2 Å². The van der Waals surface area contributed by atoms with E-state index in [-0.39, 0.29) is 48.6 Å². The number of hydrogen-bond acceptors (Lipinski definition) is 10. The predicted octanol–water partition coefficient (Wildman–Crippen LogP) is 4.63. The normalized spacial score (nSPS) is 16.3. The zero-order valence-electron chi connectivity index (χ0n) is 25.7. The maximum atomic E-state index is 13.2. The van der Waals surface area contributed by atoms with Crippen molar-refractivity contribution in [3.8, 4) is 0 Å². The highest BCUT2D eigenvalue weighted by Crippen LogP contribution is 2.32. The molecule has 4 atom stereocenters. The van der Waals surface area contributed by atoms with E-state index in [0.717, 1.165) is 22.8 Å². The number of thiazole rings is 1. The summed E-state index contributed by atoms with van der Waals surface area (Å²) in [6.45, 7) is 6.65. The van der Waals surface area contributed by atoms with Gasteiger partial charge in [-0.2, -0.15) is 24.9 Å². The SMILES string of the molecule is CC(=O)OC(CC(C(C)C)N(C)C(=O)CC1CSC1)c1nc(C(=O)N[C@@H](Cc2ncc(C(F)(F)F)cn2)CC(C)C(=O)O)cs1. The number of ether oxygens (including phenoxy) is 1. The molecule has 1 saturated heterocycles. The fraction of sp³-hybridized carbons (Fsp3) is 0.621. The van der Waals surface area contributed by atoms with Crippen LogP contribution in [0.2, 0.25) is 0 Å². The topological polar surface area (TPSA) is 152 Å². The van der Waals surface area contributed by atoms with Crippen LogP contribution in [0, 0.1) is 17.8 Å². The van der Waals surface area contributed by atoms with Crippen LogP contribution in [-0.4, -0.2) is 79.3 Å². The van der Waals surface area contributed by atoms with E-state index in [4.69, 9.17) is 4.74 Å². The lowest BCUT2D eigenvalue weighted by atomic mass is 9.95. The summed E-state index contributed by atoms with van der Waals surface area (Å²) in [6.07, 6.45) is -3.65. The van der Waals surface area contributed by atoms with Crippen LogP contribution in [0.15, 0.2) is 17.8 Å². The van der Waals surface area contributed by atoms with E-state index in [1.807, 2.05) is 13.8 Å². The van der Waals surface area contributed by atoms with Crippen molar-refractivity contribution in [2.24, 2.45) is 17.8 Å². The van der Waals surface area contributed by atoms with Crippen molar-refractivity contribution < 1.29 is 42.2 Å². The molecule has 248 valence electrons. The minimum absolute atomic E-state index is 0.00534. The Morgan fingerprint density at radius 2 is 1.78 bits per heavy atom. The number of carbonyl (C=O) groups excluding carboxylic acids is 3. The summed E-state index contributed by atoms with van der Waals surface area (Å²) in [7, 11) is 1.74. The number of carboxylic acid groups (broad SMARTS) is 1. The first-order valence-corrected chi connectivity index (χ1v) is 16.5. The molecule has 0 spiro atoms. The van der Waals surface area contributed by atoms with Crippen molar-refractivity contribution in [2.75, 3.05) is 18.6 Å². The third kappa shape index (κ3) is 10.7. The Labute approximate surface area is 267 Å². The van der Waals surface area contributed by atoms with Gasteiger partial charge in [-0.05, 0) is 29.8 Å². The number of aliphatic carboxylic acids is 1. The molecule has 16 heteroatoms. The summed E-state index contributed by atoms with van der Waals surface area (Å²) >= 11 is 2.90. The quantitative estimate of drug-likeness (QED) is 0.256. The van der Waals surface area contributed by atoms with E-state index in [0.29, 0.717) is 29.7 Å². The second kappa shape index (κ2) is 15.8. The van der Waals surface area contributed by atoms with Crippen molar-refractivity contribution in [3.05, 3.63) is 39.9 Å². The summed E-state index contributed by atoms with van der Waals surface area (Å²) < 4.78 is 44.4. The number of aromatic nitrogens is 3. The van der Waals surface area contributed by atoms with Gasteiger partial charge in [-0.1, -0.05) is 20.8 Å². The molecular weight excluding hydrogens is 635 g/mol. The van der Waals surface area contributed by atoms with Gasteiger partial charge in [-0.25, -0.2) is 15.0 Å². The van der Waals surface area contributed by atoms with Gasteiger partial charge in [0.15, 0.2) is 6.10 Å². The highest BCUT2D eigenvalue weighted by atomic mass is 32.2. The van der Waals surface area contributed by atoms with Crippen LogP contribution in [0.5, 0.6) is 0 Å². The highest BCUT2D eigenvalue weighted by Gasteiger charge is 2.34. The van der Waals surface area contributed by atoms with Gasteiger partial charge in [0, 0.05) is 63.1 Å². The molecule has 0 aliphatic carbocycles. The Bertz CT molecular complexity index is 1340. The molecule has 0 aromatic carbocycles. The lowest BCUT2D eigenvalue weighted by Crippen LogP contribution is -2.43. The fourth-order valence-electron chi connectivity index (χ4n) is 4.82. The lowest BCUT2D eigenvalue weighted by molar-refractivity contribution is -0.148. The molecule has 0 radical (unpaired) electrons. The van der Waals surface area contributed by atoms with E-state index in [2.05, 4.69) is 20.3 Å². The zero-order valence-corrected chi connectivity index (χ0v) is 27.3. The third-order valence-corrected chi connectivity index (χ3v) is 9.83. The number of carbonyl (C=O) groups is 4. The Kier molecular flexibility index (Phi) is 12.7. The monoisotopic (exact) mass is 673 g/mol. The molecule has 3 rings (SSSR count). The second-order valence-corrected chi connectivity index (χ2v) is 13.5. The minimum Gasteiger partial charge on any atom is -0.481 e.